The normalized spacial score (nSPS) is 14.2. The standard InChI is InChI=1S/C7H6F4N2/c8-4-2-1-3-13-5(4)6(12)7(9,10)11/h1-3,6H,12H2/t6-/m0/s1. The van der Waals surface area contributed by atoms with E-state index in [-0.39, 0.29) is 0 Å². The Hall–Kier alpha value is -1.17. The van der Waals surface area contributed by atoms with Crippen molar-refractivity contribution in [1.82, 2.24) is 4.98 Å². The predicted molar refractivity (Wildman–Crippen MR) is 37.2 cm³/mol. The molecule has 1 aromatic heterocycles. The van der Waals surface area contributed by atoms with Gasteiger partial charge in [0.2, 0.25) is 0 Å². The van der Waals surface area contributed by atoms with E-state index in [1.54, 1.807) is 0 Å². The number of hydrogen-bond donors (Lipinski definition) is 1. The molecule has 0 aliphatic carbocycles. The van der Waals surface area contributed by atoms with Gasteiger partial charge in [-0.2, -0.15) is 13.2 Å². The number of halogens is 4. The van der Waals surface area contributed by atoms with Gasteiger partial charge in [0.15, 0.2) is 0 Å². The second kappa shape index (κ2) is 3.29. The average Bonchev–Trinajstić information content (AvgIpc) is 2.02. The maximum Gasteiger partial charge on any atom is 0.409 e. The first kappa shape index (κ1) is 9.91. The summed E-state index contributed by atoms with van der Waals surface area (Å²) in [6, 6.07) is -0.288. The lowest BCUT2D eigenvalue weighted by atomic mass is 10.2. The van der Waals surface area contributed by atoms with E-state index in [9.17, 15) is 17.6 Å². The fourth-order valence-electron chi connectivity index (χ4n) is 0.782. The van der Waals surface area contributed by atoms with E-state index < -0.39 is 23.7 Å². The molecule has 1 heterocycles. The minimum atomic E-state index is -4.67. The maximum absolute atomic E-state index is 12.7. The van der Waals surface area contributed by atoms with Crippen molar-refractivity contribution < 1.29 is 17.6 Å². The third kappa shape index (κ3) is 2.15. The van der Waals surface area contributed by atoms with E-state index in [0.717, 1.165) is 12.3 Å². The van der Waals surface area contributed by atoms with Gasteiger partial charge in [0.05, 0.1) is 0 Å². The maximum atomic E-state index is 12.7. The first-order chi connectivity index (χ1) is 5.93. The highest BCUT2D eigenvalue weighted by Crippen LogP contribution is 2.30. The quantitative estimate of drug-likeness (QED) is 0.692. The summed E-state index contributed by atoms with van der Waals surface area (Å²) < 4.78 is 48.7. The molecule has 0 spiro atoms. The zero-order chi connectivity index (χ0) is 10.1. The van der Waals surface area contributed by atoms with Crippen molar-refractivity contribution in [3.8, 4) is 0 Å². The molecule has 0 unspecified atom stereocenters. The number of nitrogens with two attached hydrogens (primary N) is 1. The van der Waals surface area contributed by atoms with Crippen molar-refractivity contribution in [3.05, 3.63) is 29.8 Å². The summed E-state index contributed by atoms with van der Waals surface area (Å²) in [5.74, 6) is -1.05. The Morgan fingerprint density at radius 2 is 2.00 bits per heavy atom. The van der Waals surface area contributed by atoms with Gasteiger partial charge in [-0.15, -0.1) is 0 Å². The lowest BCUT2D eigenvalue weighted by Gasteiger charge is -2.14. The topological polar surface area (TPSA) is 38.9 Å². The largest absolute Gasteiger partial charge is 0.409 e. The van der Waals surface area contributed by atoms with Crippen LogP contribution in [-0.2, 0) is 0 Å². The van der Waals surface area contributed by atoms with Crippen molar-refractivity contribution in [2.45, 2.75) is 12.2 Å². The van der Waals surface area contributed by atoms with E-state index >= 15 is 0 Å². The highest BCUT2D eigenvalue weighted by Gasteiger charge is 2.40. The summed E-state index contributed by atoms with van der Waals surface area (Å²) in [5.41, 5.74) is 3.96. The highest BCUT2D eigenvalue weighted by molar-refractivity contribution is 5.12. The number of alkyl halides is 3. The molecule has 72 valence electrons. The van der Waals surface area contributed by atoms with Gasteiger partial charge in [0.1, 0.15) is 17.6 Å². The van der Waals surface area contributed by atoms with Gasteiger partial charge in [-0.1, -0.05) is 0 Å². The third-order valence-corrected chi connectivity index (χ3v) is 1.43. The second-order valence-corrected chi connectivity index (χ2v) is 2.39. The van der Waals surface area contributed by atoms with E-state index in [1.165, 1.54) is 6.07 Å². The first-order valence-corrected chi connectivity index (χ1v) is 3.35. The SMILES string of the molecule is N[C@@H](c1ncccc1F)C(F)(F)F. The minimum absolute atomic E-state index is 0.782. The Bertz CT molecular complexity index is 297. The molecule has 0 radical (unpaired) electrons. The monoisotopic (exact) mass is 194 g/mol. The van der Waals surface area contributed by atoms with Crippen LogP contribution in [-0.4, -0.2) is 11.2 Å². The molecule has 2 N–H and O–H groups in total. The van der Waals surface area contributed by atoms with Crippen LogP contribution in [0.1, 0.15) is 11.7 Å². The molecule has 0 aliphatic heterocycles. The van der Waals surface area contributed by atoms with Gasteiger partial charge in [-0.3, -0.25) is 4.98 Å². The fourth-order valence-corrected chi connectivity index (χ4v) is 0.782. The van der Waals surface area contributed by atoms with Gasteiger partial charge in [-0.25, -0.2) is 4.39 Å². The van der Waals surface area contributed by atoms with Crippen LogP contribution >= 0.6 is 0 Å². The number of pyridine rings is 1. The molecule has 0 aliphatic rings. The first-order valence-electron chi connectivity index (χ1n) is 3.35. The molecule has 1 aromatic rings. The summed E-state index contributed by atoms with van der Waals surface area (Å²) in [6.45, 7) is 0. The lowest BCUT2D eigenvalue weighted by molar-refractivity contribution is -0.150. The number of aromatic nitrogens is 1. The van der Waals surface area contributed by atoms with Gasteiger partial charge in [0.25, 0.3) is 0 Å². The molecular weight excluding hydrogens is 188 g/mol. The lowest BCUT2D eigenvalue weighted by Crippen LogP contribution is -2.30. The van der Waals surface area contributed by atoms with Gasteiger partial charge in [0, 0.05) is 6.20 Å². The van der Waals surface area contributed by atoms with E-state index in [0.29, 0.717) is 0 Å². The molecule has 6 heteroatoms. The summed E-state index contributed by atoms with van der Waals surface area (Å²) >= 11 is 0. The zero-order valence-electron chi connectivity index (χ0n) is 6.35. The van der Waals surface area contributed by atoms with Crippen molar-refractivity contribution in [2.24, 2.45) is 5.73 Å². The van der Waals surface area contributed by atoms with E-state index in [2.05, 4.69) is 4.98 Å². The van der Waals surface area contributed by atoms with Gasteiger partial charge < -0.3 is 5.73 Å². The Balaban J connectivity index is 3.02. The van der Waals surface area contributed by atoms with Gasteiger partial charge in [-0.05, 0) is 12.1 Å². The molecule has 2 nitrogen and oxygen atoms in total. The van der Waals surface area contributed by atoms with Crippen LogP contribution in [0.15, 0.2) is 18.3 Å². The summed E-state index contributed by atoms with van der Waals surface area (Å²) in [6.07, 6.45) is -3.61. The molecule has 0 bridgehead atoms. The van der Waals surface area contributed by atoms with Crippen LogP contribution in [0.4, 0.5) is 17.6 Å². The Morgan fingerprint density at radius 3 is 2.46 bits per heavy atom. The number of nitrogens with zero attached hydrogens (tertiary/aromatic N) is 1. The van der Waals surface area contributed by atoms with Gasteiger partial charge >= 0.3 is 6.18 Å². The Labute approximate surface area is 71.4 Å². The summed E-state index contributed by atoms with van der Waals surface area (Å²) in [7, 11) is 0. The molecular formula is C7H6F4N2. The molecule has 0 amide bonds. The Morgan fingerprint density at radius 1 is 1.38 bits per heavy atom. The van der Waals surface area contributed by atoms with Crippen LogP contribution < -0.4 is 5.73 Å². The van der Waals surface area contributed by atoms with Crippen molar-refractivity contribution in [1.29, 1.82) is 0 Å². The third-order valence-electron chi connectivity index (χ3n) is 1.43. The fraction of sp³-hybridized carbons (Fsp3) is 0.286. The molecule has 13 heavy (non-hydrogen) atoms. The molecule has 1 atom stereocenters. The molecule has 0 saturated carbocycles. The van der Waals surface area contributed by atoms with Crippen LogP contribution in [0.3, 0.4) is 0 Å². The van der Waals surface area contributed by atoms with Crippen molar-refractivity contribution >= 4 is 0 Å². The molecule has 1 rings (SSSR count). The smallest absolute Gasteiger partial charge is 0.315 e. The highest BCUT2D eigenvalue weighted by atomic mass is 19.4. The summed E-state index contributed by atoms with van der Waals surface area (Å²) in [4.78, 5) is 3.22. The van der Waals surface area contributed by atoms with Crippen molar-refractivity contribution in [3.63, 3.8) is 0 Å². The van der Waals surface area contributed by atoms with E-state index in [4.69, 9.17) is 5.73 Å². The van der Waals surface area contributed by atoms with Crippen LogP contribution in [0.5, 0.6) is 0 Å². The molecule has 0 aromatic carbocycles. The zero-order valence-corrected chi connectivity index (χ0v) is 6.35. The number of rotatable bonds is 1. The van der Waals surface area contributed by atoms with Crippen LogP contribution in [0.25, 0.3) is 0 Å². The molecule has 0 fully saturated rings. The molecule has 0 saturated heterocycles. The van der Waals surface area contributed by atoms with Crippen LogP contribution in [0.2, 0.25) is 0 Å². The number of hydrogen-bond acceptors (Lipinski definition) is 2. The minimum Gasteiger partial charge on any atom is -0.315 e. The predicted octanol–water partition coefficient (Wildman–Crippen LogP) is 1.78. The average molecular weight is 194 g/mol. The van der Waals surface area contributed by atoms with Crippen LogP contribution in [0, 0.1) is 5.82 Å². The van der Waals surface area contributed by atoms with E-state index in [1.807, 2.05) is 0 Å². The summed E-state index contributed by atoms with van der Waals surface area (Å²) in [5, 5.41) is 0. The second-order valence-electron chi connectivity index (χ2n) is 2.39. The Kier molecular flexibility index (Phi) is 2.51. The van der Waals surface area contributed by atoms with Crippen molar-refractivity contribution in [2.75, 3.05) is 0 Å².